The van der Waals surface area contributed by atoms with Gasteiger partial charge in [0.2, 0.25) is 0 Å². The van der Waals surface area contributed by atoms with E-state index in [2.05, 4.69) is 41.2 Å². The average molecular weight is 226 g/mol. The Morgan fingerprint density at radius 1 is 1.12 bits per heavy atom. The van der Waals surface area contributed by atoms with Crippen LogP contribution in [0.5, 0.6) is 0 Å². The second-order valence-corrected chi connectivity index (χ2v) is 4.32. The van der Waals surface area contributed by atoms with E-state index >= 15 is 0 Å². The molecule has 0 bridgehead atoms. The molecule has 1 heterocycles. The summed E-state index contributed by atoms with van der Waals surface area (Å²) in [5.74, 6) is 0. The van der Waals surface area contributed by atoms with Crippen LogP contribution in [-0.2, 0) is 0 Å². The van der Waals surface area contributed by atoms with Gasteiger partial charge in [-0.05, 0) is 13.1 Å². The number of hydrazone groups is 1. The fraction of sp³-hybridized carbons (Fsp3) is 0.917. The minimum atomic E-state index is 1.03. The summed E-state index contributed by atoms with van der Waals surface area (Å²) in [5.41, 5.74) is 1.35. The van der Waals surface area contributed by atoms with Crippen molar-refractivity contribution in [3.63, 3.8) is 0 Å². The molecule has 94 valence electrons. The molecule has 0 saturated carbocycles. The standard InChI is InChI=1S/C12H26N4/c1-4-16(5-2)11-10-15(3)14-12-6-8-13-9-7-12/h13H,4-11H2,1-3H3. The van der Waals surface area contributed by atoms with Crippen LogP contribution in [0.25, 0.3) is 0 Å². The van der Waals surface area contributed by atoms with Crippen LogP contribution in [0.1, 0.15) is 26.7 Å². The Morgan fingerprint density at radius 3 is 2.31 bits per heavy atom. The first kappa shape index (κ1) is 13.5. The van der Waals surface area contributed by atoms with Gasteiger partial charge in [-0.3, -0.25) is 5.01 Å². The maximum Gasteiger partial charge on any atom is 0.0484 e. The van der Waals surface area contributed by atoms with Gasteiger partial charge in [0, 0.05) is 51.8 Å². The van der Waals surface area contributed by atoms with E-state index in [1.807, 2.05) is 0 Å². The number of nitrogens with zero attached hydrogens (tertiary/aromatic N) is 3. The van der Waals surface area contributed by atoms with Gasteiger partial charge in [-0.15, -0.1) is 0 Å². The summed E-state index contributed by atoms with van der Waals surface area (Å²) >= 11 is 0. The van der Waals surface area contributed by atoms with Crippen molar-refractivity contribution in [2.24, 2.45) is 5.10 Å². The first-order chi connectivity index (χ1) is 7.76. The highest BCUT2D eigenvalue weighted by atomic mass is 15.4. The van der Waals surface area contributed by atoms with E-state index in [1.54, 1.807) is 0 Å². The molecule has 16 heavy (non-hydrogen) atoms. The fourth-order valence-corrected chi connectivity index (χ4v) is 1.93. The van der Waals surface area contributed by atoms with Gasteiger partial charge in [0.15, 0.2) is 0 Å². The van der Waals surface area contributed by atoms with E-state index in [9.17, 15) is 0 Å². The predicted molar refractivity (Wildman–Crippen MR) is 70.0 cm³/mol. The van der Waals surface area contributed by atoms with Crippen LogP contribution < -0.4 is 5.32 Å². The van der Waals surface area contributed by atoms with Crippen molar-refractivity contribution in [1.82, 2.24) is 15.2 Å². The number of hydrogen-bond donors (Lipinski definition) is 1. The second kappa shape index (κ2) is 7.63. The minimum Gasteiger partial charge on any atom is -0.316 e. The topological polar surface area (TPSA) is 30.9 Å². The molecule has 0 spiro atoms. The molecule has 4 heteroatoms. The summed E-state index contributed by atoms with van der Waals surface area (Å²) in [7, 11) is 2.08. The minimum absolute atomic E-state index is 1.03. The second-order valence-electron chi connectivity index (χ2n) is 4.32. The lowest BCUT2D eigenvalue weighted by molar-refractivity contribution is 0.245. The van der Waals surface area contributed by atoms with Gasteiger partial charge in [-0.25, -0.2) is 0 Å². The molecule has 4 nitrogen and oxygen atoms in total. The summed E-state index contributed by atoms with van der Waals surface area (Å²) in [6.07, 6.45) is 2.21. The van der Waals surface area contributed by atoms with Crippen molar-refractivity contribution >= 4 is 5.71 Å². The Bertz CT molecular complexity index is 203. The SMILES string of the molecule is CCN(CC)CCN(C)N=C1CCNCC1. The number of likely N-dealkylation sites (N-methyl/N-ethyl adjacent to an activating group) is 2. The van der Waals surface area contributed by atoms with Crippen LogP contribution in [0.2, 0.25) is 0 Å². The Labute approximate surface area is 99.7 Å². The van der Waals surface area contributed by atoms with Crippen molar-refractivity contribution < 1.29 is 0 Å². The molecule has 0 atom stereocenters. The highest BCUT2D eigenvalue weighted by Crippen LogP contribution is 2.00. The van der Waals surface area contributed by atoms with Crippen molar-refractivity contribution in [3.8, 4) is 0 Å². The normalized spacial score (nSPS) is 16.6. The zero-order valence-corrected chi connectivity index (χ0v) is 11.0. The van der Waals surface area contributed by atoms with Gasteiger partial charge in [0.1, 0.15) is 0 Å². The number of hydrogen-bond acceptors (Lipinski definition) is 4. The van der Waals surface area contributed by atoms with E-state index in [0.29, 0.717) is 0 Å². The van der Waals surface area contributed by atoms with Gasteiger partial charge >= 0.3 is 0 Å². The number of rotatable bonds is 6. The van der Waals surface area contributed by atoms with Crippen LogP contribution >= 0.6 is 0 Å². The molecule has 0 aromatic rings. The van der Waals surface area contributed by atoms with E-state index in [1.165, 1.54) is 5.71 Å². The zero-order chi connectivity index (χ0) is 11.8. The van der Waals surface area contributed by atoms with E-state index < -0.39 is 0 Å². The Hall–Kier alpha value is -0.610. The lowest BCUT2D eigenvalue weighted by Gasteiger charge is -2.23. The van der Waals surface area contributed by atoms with Crippen molar-refractivity contribution in [1.29, 1.82) is 0 Å². The molecule has 1 aliphatic rings. The molecule has 1 aliphatic heterocycles. The van der Waals surface area contributed by atoms with Gasteiger partial charge < -0.3 is 10.2 Å². The molecule has 0 amide bonds. The van der Waals surface area contributed by atoms with Gasteiger partial charge in [-0.2, -0.15) is 5.10 Å². The molecule has 0 aromatic heterocycles. The summed E-state index contributed by atoms with van der Waals surface area (Å²) in [6, 6.07) is 0. The molecule has 1 fully saturated rings. The Kier molecular flexibility index (Phi) is 6.42. The highest BCUT2D eigenvalue weighted by Gasteiger charge is 2.07. The third-order valence-corrected chi connectivity index (χ3v) is 3.13. The molecule has 0 aromatic carbocycles. The van der Waals surface area contributed by atoms with E-state index in [-0.39, 0.29) is 0 Å². The zero-order valence-electron chi connectivity index (χ0n) is 11.0. The lowest BCUT2D eigenvalue weighted by Crippen LogP contribution is -2.33. The van der Waals surface area contributed by atoms with Crippen LogP contribution in [0, 0.1) is 0 Å². The predicted octanol–water partition coefficient (Wildman–Crippen LogP) is 0.999. The van der Waals surface area contributed by atoms with Crippen LogP contribution in [0.3, 0.4) is 0 Å². The summed E-state index contributed by atoms with van der Waals surface area (Å²) in [5, 5.41) is 10.1. The molecule has 0 unspecified atom stereocenters. The summed E-state index contributed by atoms with van der Waals surface area (Å²) in [4.78, 5) is 2.43. The maximum atomic E-state index is 4.66. The first-order valence-electron chi connectivity index (χ1n) is 6.46. The largest absolute Gasteiger partial charge is 0.316 e. The van der Waals surface area contributed by atoms with E-state index in [0.717, 1.165) is 52.1 Å². The van der Waals surface area contributed by atoms with Crippen LogP contribution in [0.15, 0.2) is 5.10 Å². The molecular weight excluding hydrogens is 200 g/mol. The third kappa shape index (κ3) is 4.94. The number of piperidine rings is 1. The molecular formula is C12H26N4. The van der Waals surface area contributed by atoms with Gasteiger partial charge in [0.25, 0.3) is 0 Å². The quantitative estimate of drug-likeness (QED) is 0.686. The van der Waals surface area contributed by atoms with Crippen molar-refractivity contribution in [3.05, 3.63) is 0 Å². The lowest BCUT2D eigenvalue weighted by atomic mass is 10.1. The number of nitrogens with one attached hydrogen (secondary N) is 1. The molecule has 1 rings (SSSR count). The molecule has 0 radical (unpaired) electrons. The molecule has 1 N–H and O–H groups in total. The Morgan fingerprint density at radius 2 is 1.75 bits per heavy atom. The fourth-order valence-electron chi connectivity index (χ4n) is 1.93. The van der Waals surface area contributed by atoms with E-state index in [4.69, 9.17) is 0 Å². The third-order valence-electron chi connectivity index (χ3n) is 3.13. The van der Waals surface area contributed by atoms with Crippen LogP contribution in [0.4, 0.5) is 0 Å². The maximum absolute atomic E-state index is 4.66. The molecule has 0 aliphatic carbocycles. The molecule has 1 saturated heterocycles. The highest BCUT2D eigenvalue weighted by molar-refractivity contribution is 5.85. The smallest absolute Gasteiger partial charge is 0.0484 e. The van der Waals surface area contributed by atoms with Gasteiger partial charge in [0.05, 0.1) is 0 Å². The van der Waals surface area contributed by atoms with Gasteiger partial charge in [-0.1, -0.05) is 13.8 Å². The summed E-state index contributed by atoms with van der Waals surface area (Å²) in [6.45, 7) is 11.0. The monoisotopic (exact) mass is 226 g/mol. The Balaban J connectivity index is 2.25. The summed E-state index contributed by atoms with van der Waals surface area (Å²) < 4.78 is 0. The average Bonchev–Trinajstić information content (AvgIpc) is 2.31. The van der Waals surface area contributed by atoms with Crippen molar-refractivity contribution in [2.75, 3.05) is 46.3 Å². The van der Waals surface area contributed by atoms with Crippen molar-refractivity contribution in [2.45, 2.75) is 26.7 Å². The van der Waals surface area contributed by atoms with Crippen LogP contribution in [-0.4, -0.2) is 61.9 Å². The first-order valence-corrected chi connectivity index (χ1v) is 6.46.